The molecule has 1 N–H and O–H groups in total. The summed E-state index contributed by atoms with van der Waals surface area (Å²) in [6, 6.07) is 13.4. The van der Waals surface area contributed by atoms with Gasteiger partial charge in [-0.3, -0.25) is 9.69 Å². The van der Waals surface area contributed by atoms with Crippen molar-refractivity contribution in [3.63, 3.8) is 0 Å². The van der Waals surface area contributed by atoms with E-state index in [2.05, 4.69) is 10.3 Å². The molecule has 0 atom stereocenters. The lowest BCUT2D eigenvalue weighted by atomic mass is 10.1. The molecular weight excluding hydrogens is 374 g/mol. The van der Waals surface area contributed by atoms with Gasteiger partial charge in [-0.05, 0) is 37.1 Å². The molecule has 1 aliphatic rings. The van der Waals surface area contributed by atoms with E-state index in [4.69, 9.17) is 4.74 Å². The fourth-order valence-electron chi connectivity index (χ4n) is 3.16. The van der Waals surface area contributed by atoms with Crippen LogP contribution in [0.3, 0.4) is 0 Å². The van der Waals surface area contributed by atoms with Crippen LogP contribution in [0.5, 0.6) is 0 Å². The van der Waals surface area contributed by atoms with Crippen LogP contribution in [0.2, 0.25) is 0 Å². The Bertz CT molecular complexity index is 1060. The Labute approximate surface area is 166 Å². The SMILES string of the molecule is Cc1ccccc1-c1nc(C(=O)Nc2cccc(N3CCOC3=O)c2C)cs1. The van der Waals surface area contributed by atoms with Crippen molar-refractivity contribution < 1.29 is 14.3 Å². The van der Waals surface area contributed by atoms with Crippen LogP contribution >= 0.6 is 11.3 Å². The molecule has 0 unspecified atom stereocenters. The first-order valence-corrected chi connectivity index (χ1v) is 9.79. The van der Waals surface area contributed by atoms with Gasteiger partial charge in [-0.15, -0.1) is 11.3 Å². The van der Waals surface area contributed by atoms with Crippen LogP contribution in [-0.2, 0) is 4.74 Å². The van der Waals surface area contributed by atoms with Gasteiger partial charge in [-0.25, -0.2) is 9.78 Å². The summed E-state index contributed by atoms with van der Waals surface area (Å²) >= 11 is 1.44. The Morgan fingerprint density at radius 1 is 1.18 bits per heavy atom. The molecule has 28 heavy (non-hydrogen) atoms. The largest absolute Gasteiger partial charge is 0.447 e. The molecule has 2 aromatic carbocycles. The molecule has 2 amide bonds. The van der Waals surface area contributed by atoms with Gasteiger partial charge in [0.05, 0.1) is 12.2 Å². The van der Waals surface area contributed by atoms with Crippen molar-refractivity contribution in [1.82, 2.24) is 4.98 Å². The molecule has 0 bridgehead atoms. The first kappa shape index (κ1) is 18.2. The van der Waals surface area contributed by atoms with E-state index in [-0.39, 0.29) is 12.0 Å². The summed E-state index contributed by atoms with van der Waals surface area (Å²) in [5.74, 6) is -0.277. The number of aromatic nitrogens is 1. The van der Waals surface area contributed by atoms with Crippen molar-refractivity contribution in [1.29, 1.82) is 0 Å². The van der Waals surface area contributed by atoms with Crippen LogP contribution in [0.15, 0.2) is 47.8 Å². The molecular formula is C21H19N3O3S. The number of nitrogens with zero attached hydrogens (tertiary/aromatic N) is 2. The number of benzene rings is 2. The molecule has 1 fully saturated rings. The Morgan fingerprint density at radius 3 is 2.75 bits per heavy atom. The van der Waals surface area contributed by atoms with Crippen LogP contribution in [0.1, 0.15) is 21.6 Å². The van der Waals surface area contributed by atoms with Crippen molar-refractivity contribution in [2.75, 3.05) is 23.4 Å². The van der Waals surface area contributed by atoms with Crippen molar-refractivity contribution in [3.05, 3.63) is 64.7 Å². The molecule has 1 saturated heterocycles. The molecule has 2 heterocycles. The van der Waals surface area contributed by atoms with Gasteiger partial charge in [0.2, 0.25) is 0 Å². The Balaban J connectivity index is 1.56. The summed E-state index contributed by atoms with van der Waals surface area (Å²) in [4.78, 5) is 30.6. The fourth-order valence-corrected chi connectivity index (χ4v) is 4.05. The quantitative estimate of drug-likeness (QED) is 0.701. The number of rotatable bonds is 4. The maximum Gasteiger partial charge on any atom is 0.414 e. The lowest BCUT2D eigenvalue weighted by Gasteiger charge is -2.18. The van der Waals surface area contributed by atoms with Crippen molar-refractivity contribution in [3.8, 4) is 10.6 Å². The van der Waals surface area contributed by atoms with E-state index < -0.39 is 0 Å². The molecule has 3 aromatic rings. The number of amides is 2. The van der Waals surface area contributed by atoms with Gasteiger partial charge in [0.1, 0.15) is 17.3 Å². The highest BCUT2D eigenvalue weighted by Gasteiger charge is 2.25. The predicted molar refractivity (Wildman–Crippen MR) is 110 cm³/mol. The average molecular weight is 393 g/mol. The zero-order valence-electron chi connectivity index (χ0n) is 15.6. The Hall–Kier alpha value is -3.19. The summed E-state index contributed by atoms with van der Waals surface area (Å²) in [5, 5.41) is 5.48. The third kappa shape index (κ3) is 3.36. The second-order valence-corrected chi connectivity index (χ2v) is 7.38. The van der Waals surface area contributed by atoms with E-state index in [1.54, 1.807) is 10.3 Å². The molecule has 0 saturated carbocycles. The van der Waals surface area contributed by atoms with E-state index in [9.17, 15) is 9.59 Å². The third-order valence-corrected chi connectivity index (χ3v) is 5.59. The van der Waals surface area contributed by atoms with Crippen LogP contribution in [0.25, 0.3) is 10.6 Å². The average Bonchev–Trinajstić information content (AvgIpc) is 3.33. The topological polar surface area (TPSA) is 71.5 Å². The molecule has 4 rings (SSSR count). The van der Waals surface area contributed by atoms with E-state index in [1.807, 2.05) is 56.3 Å². The van der Waals surface area contributed by atoms with E-state index in [0.29, 0.717) is 24.5 Å². The fraction of sp³-hybridized carbons (Fsp3) is 0.190. The summed E-state index contributed by atoms with van der Waals surface area (Å²) in [6.07, 6.45) is -0.367. The molecule has 142 valence electrons. The molecule has 1 aliphatic heterocycles. The smallest absolute Gasteiger partial charge is 0.414 e. The van der Waals surface area contributed by atoms with Gasteiger partial charge in [0.15, 0.2) is 0 Å². The van der Waals surface area contributed by atoms with Crippen molar-refractivity contribution >= 4 is 34.7 Å². The normalized spacial score (nSPS) is 13.5. The monoisotopic (exact) mass is 393 g/mol. The van der Waals surface area contributed by atoms with Gasteiger partial charge >= 0.3 is 6.09 Å². The summed E-state index contributed by atoms with van der Waals surface area (Å²) in [5.41, 5.74) is 4.70. The number of carbonyl (C=O) groups is 2. The first-order chi connectivity index (χ1) is 13.5. The second-order valence-electron chi connectivity index (χ2n) is 6.52. The zero-order valence-corrected chi connectivity index (χ0v) is 16.4. The number of carbonyl (C=O) groups excluding carboxylic acids is 2. The van der Waals surface area contributed by atoms with Crippen LogP contribution in [-0.4, -0.2) is 30.1 Å². The number of hydrogen-bond acceptors (Lipinski definition) is 5. The standard InChI is InChI=1S/C21H19N3O3S/c1-13-6-3-4-7-15(13)20-23-17(12-28-20)19(25)22-16-8-5-9-18(14(16)2)24-10-11-27-21(24)26/h3-9,12H,10-11H2,1-2H3,(H,22,25). The number of ether oxygens (including phenoxy) is 1. The molecule has 0 spiro atoms. The van der Waals surface area contributed by atoms with Gasteiger partial charge in [-0.1, -0.05) is 30.3 Å². The second kappa shape index (κ2) is 7.44. The highest BCUT2D eigenvalue weighted by atomic mass is 32.1. The number of cyclic esters (lactones) is 1. The number of nitrogens with one attached hydrogen (secondary N) is 1. The molecule has 0 aliphatic carbocycles. The number of aryl methyl sites for hydroxylation is 1. The maximum atomic E-state index is 12.7. The lowest BCUT2D eigenvalue weighted by Crippen LogP contribution is -2.24. The van der Waals surface area contributed by atoms with Gasteiger partial charge in [0, 0.05) is 16.6 Å². The highest BCUT2D eigenvalue weighted by molar-refractivity contribution is 7.13. The number of hydrogen-bond donors (Lipinski definition) is 1. The molecule has 0 radical (unpaired) electrons. The van der Waals surface area contributed by atoms with Crippen LogP contribution < -0.4 is 10.2 Å². The van der Waals surface area contributed by atoms with Gasteiger partial charge in [0.25, 0.3) is 5.91 Å². The van der Waals surface area contributed by atoms with E-state index in [1.165, 1.54) is 11.3 Å². The first-order valence-electron chi connectivity index (χ1n) is 8.91. The minimum atomic E-state index is -0.367. The minimum Gasteiger partial charge on any atom is -0.447 e. The summed E-state index contributed by atoms with van der Waals surface area (Å²) < 4.78 is 5.01. The van der Waals surface area contributed by atoms with Crippen LogP contribution in [0, 0.1) is 13.8 Å². The van der Waals surface area contributed by atoms with Crippen molar-refractivity contribution in [2.24, 2.45) is 0 Å². The van der Waals surface area contributed by atoms with Crippen molar-refractivity contribution in [2.45, 2.75) is 13.8 Å². The highest BCUT2D eigenvalue weighted by Crippen LogP contribution is 2.30. The number of thiazole rings is 1. The molecule has 1 aromatic heterocycles. The van der Waals surface area contributed by atoms with Gasteiger partial charge < -0.3 is 10.1 Å². The Kier molecular flexibility index (Phi) is 4.83. The third-order valence-electron chi connectivity index (χ3n) is 4.72. The zero-order chi connectivity index (χ0) is 19.7. The number of anilines is 2. The molecule has 6 nitrogen and oxygen atoms in total. The molecule has 7 heteroatoms. The van der Waals surface area contributed by atoms with Crippen LogP contribution in [0.4, 0.5) is 16.2 Å². The predicted octanol–water partition coefficient (Wildman–Crippen LogP) is 4.64. The minimum absolute atomic E-state index is 0.277. The maximum absolute atomic E-state index is 12.7. The Morgan fingerprint density at radius 2 is 2.00 bits per heavy atom. The lowest BCUT2D eigenvalue weighted by molar-refractivity contribution is 0.102. The summed E-state index contributed by atoms with van der Waals surface area (Å²) in [6.45, 7) is 4.77. The summed E-state index contributed by atoms with van der Waals surface area (Å²) in [7, 11) is 0. The van der Waals surface area contributed by atoms with E-state index >= 15 is 0 Å². The van der Waals surface area contributed by atoms with Gasteiger partial charge in [-0.2, -0.15) is 0 Å². The van der Waals surface area contributed by atoms with E-state index in [0.717, 1.165) is 27.4 Å².